The number of aromatic nitrogens is 10. The first kappa shape index (κ1) is 47.9. The number of hydrogen-bond donors (Lipinski definition) is 4. The third kappa shape index (κ3) is 11.4. The molecular formula is C43H46F2N14O5S2. The van der Waals surface area contributed by atoms with Gasteiger partial charge in [0.05, 0.1) is 31.6 Å². The lowest BCUT2D eigenvalue weighted by atomic mass is 10.2. The van der Waals surface area contributed by atoms with Crippen molar-refractivity contribution in [2.75, 3.05) is 35.4 Å². The summed E-state index contributed by atoms with van der Waals surface area (Å²) in [7, 11) is 3.22. The van der Waals surface area contributed by atoms with Crippen LogP contribution in [0.25, 0.3) is 43.5 Å². The Balaban J connectivity index is 0.000000173. The summed E-state index contributed by atoms with van der Waals surface area (Å²) in [5.74, 6) is -1.31. The van der Waals surface area contributed by atoms with Crippen molar-refractivity contribution in [2.45, 2.75) is 66.2 Å². The summed E-state index contributed by atoms with van der Waals surface area (Å²) in [6, 6.07) is 16.1. The van der Waals surface area contributed by atoms with Crippen molar-refractivity contribution in [1.82, 2.24) is 49.5 Å². The maximum absolute atomic E-state index is 14.5. The van der Waals surface area contributed by atoms with Crippen molar-refractivity contribution in [2.24, 2.45) is 0 Å². The minimum absolute atomic E-state index is 0.0682. The maximum Gasteiger partial charge on any atom is 0.416 e. The van der Waals surface area contributed by atoms with Gasteiger partial charge in [0, 0.05) is 38.3 Å². The van der Waals surface area contributed by atoms with E-state index >= 15 is 0 Å². The van der Waals surface area contributed by atoms with Gasteiger partial charge in [-0.2, -0.15) is 0 Å². The van der Waals surface area contributed by atoms with Gasteiger partial charge >= 0.3 is 12.1 Å². The van der Waals surface area contributed by atoms with Crippen LogP contribution in [-0.4, -0.2) is 92.2 Å². The standard InChI is InChI=1S/C19H18FN7OS.C14H15FN2O4S.C10H13N5/c1-10(2)27-9-22-26-17(27)13-5-4-6-16(23-13)25-18(28)11-7-15-14(8-12(11)20)24-19(21-3)29-15;1-14(2,3)21-13(20)17(4)12-16-9-6-8(15)7(11(18)19)5-10(9)22-12;1-7(2)15-6-12-14-10(15)8-4-3-5-9(11)13-8/h4-10H,1-3H3,(H,21,24)(H,23,25,28);5-6H,1-4H3,(H,18,19);3-7H,1-2H3,(H2,11,13). The zero-order valence-corrected chi connectivity index (χ0v) is 38.9. The number of ether oxygens (including phenoxy) is 1. The number of carboxylic acids is 1. The number of rotatable bonds is 9. The lowest BCUT2D eigenvalue weighted by Gasteiger charge is -2.23. The molecule has 66 heavy (non-hydrogen) atoms. The molecule has 0 fully saturated rings. The second kappa shape index (κ2) is 20.1. The predicted octanol–water partition coefficient (Wildman–Crippen LogP) is 8.97. The lowest BCUT2D eigenvalue weighted by molar-refractivity contribution is 0.0588. The van der Waals surface area contributed by atoms with Crippen LogP contribution in [0.2, 0.25) is 0 Å². The highest BCUT2D eigenvalue weighted by Gasteiger charge is 2.24. The zero-order chi connectivity index (χ0) is 48.0. The number of nitrogens with one attached hydrogen (secondary N) is 2. The van der Waals surface area contributed by atoms with Crippen LogP contribution in [0.3, 0.4) is 0 Å². The number of nitrogens with zero attached hydrogens (tertiary/aromatic N) is 11. The summed E-state index contributed by atoms with van der Waals surface area (Å²) in [6.07, 6.45) is 2.74. The molecule has 0 aliphatic carbocycles. The van der Waals surface area contributed by atoms with Gasteiger partial charge in [-0.3, -0.25) is 9.69 Å². The lowest BCUT2D eigenvalue weighted by Crippen LogP contribution is -2.34. The summed E-state index contributed by atoms with van der Waals surface area (Å²) < 4.78 is 38.4. The van der Waals surface area contributed by atoms with Gasteiger partial charge in [0.1, 0.15) is 52.9 Å². The van der Waals surface area contributed by atoms with Crippen molar-refractivity contribution in [3.8, 4) is 23.0 Å². The van der Waals surface area contributed by atoms with E-state index in [0.29, 0.717) is 54.4 Å². The Hall–Kier alpha value is -7.53. The number of nitrogen functional groups attached to an aromatic ring is 1. The Morgan fingerprint density at radius 3 is 1.89 bits per heavy atom. The molecule has 23 heteroatoms. The molecule has 6 aromatic heterocycles. The van der Waals surface area contributed by atoms with Gasteiger partial charge in [0.15, 0.2) is 21.9 Å². The molecule has 0 saturated carbocycles. The number of thiazole rings is 2. The minimum atomic E-state index is -1.35. The molecule has 344 valence electrons. The molecule has 0 radical (unpaired) electrons. The Bertz CT molecular complexity index is 3030. The first-order valence-electron chi connectivity index (χ1n) is 20.1. The van der Waals surface area contributed by atoms with Gasteiger partial charge in [-0.15, -0.1) is 20.4 Å². The topological polar surface area (TPSA) is 247 Å². The molecule has 0 bridgehead atoms. The minimum Gasteiger partial charge on any atom is -0.478 e. The van der Waals surface area contributed by atoms with Crippen molar-refractivity contribution < 1.29 is 33.0 Å². The van der Waals surface area contributed by atoms with E-state index in [4.69, 9.17) is 15.6 Å². The van der Waals surface area contributed by atoms with Crippen LogP contribution in [0.4, 0.5) is 35.5 Å². The van der Waals surface area contributed by atoms with Crippen molar-refractivity contribution in [3.63, 3.8) is 0 Å². The van der Waals surface area contributed by atoms with Gasteiger partial charge in [0.25, 0.3) is 5.91 Å². The third-order valence-corrected chi connectivity index (χ3v) is 11.2. The van der Waals surface area contributed by atoms with E-state index in [9.17, 15) is 23.2 Å². The largest absolute Gasteiger partial charge is 0.478 e. The quantitative estimate of drug-likeness (QED) is 0.105. The summed E-state index contributed by atoms with van der Waals surface area (Å²) in [5, 5.41) is 31.4. The Labute approximate surface area is 384 Å². The number of benzene rings is 2. The number of carbonyl (C=O) groups excluding carboxylic acids is 2. The second-order valence-electron chi connectivity index (χ2n) is 15.8. The number of pyridine rings is 2. The number of carboxylic acid groups (broad SMARTS) is 1. The number of anilines is 4. The van der Waals surface area contributed by atoms with E-state index in [1.165, 1.54) is 41.5 Å². The van der Waals surface area contributed by atoms with Gasteiger partial charge in [-0.25, -0.2) is 38.3 Å². The van der Waals surface area contributed by atoms with Gasteiger partial charge < -0.3 is 35.3 Å². The fraction of sp³-hybridized carbons (Fsp3) is 0.279. The molecule has 0 spiro atoms. The number of amides is 2. The fourth-order valence-corrected chi connectivity index (χ4v) is 7.66. The first-order valence-corrected chi connectivity index (χ1v) is 21.7. The summed E-state index contributed by atoms with van der Waals surface area (Å²) in [5.41, 5.74) is 6.58. The highest BCUT2D eigenvalue weighted by molar-refractivity contribution is 7.22. The van der Waals surface area contributed by atoms with Crippen molar-refractivity contribution >= 4 is 83.0 Å². The molecule has 8 aromatic rings. The Morgan fingerprint density at radius 2 is 1.33 bits per heavy atom. The maximum atomic E-state index is 14.5. The number of halogens is 2. The second-order valence-corrected chi connectivity index (χ2v) is 17.9. The predicted molar refractivity (Wildman–Crippen MR) is 250 cm³/mol. The number of fused-ring (bicyclic) bond motifs is 2. The molecule has 0 atom stereocenters. The molecule has 2 aromatic carbocycles. The molecule has 6 heterocycles. The van der Waals surface area contributed by atoms with Gasteiger partial charge in [0.2, 0.25) is 0 Å². The molecular weight excluding hydrogens is 895 g/mol. The van der Waals surface area contributed by atoms with Crippen LogP contribution in [0.1, 0.15) is 81.3 Å². The van der Waals surface area contributed by atoms with E-state index in [0.717, 1.165) is 28.9 Å². The molecule has 5 N–H and O–H groups in total. The molecule has 8 rings (SSSR count). The van der Waals surface area contributed by atoms with Crippen LogP contribution in [-0.2, 0) is 4.74 Å². The van der Waals surface area contributed by atoms with Crippen molar-refractivity contribution in [3.05, 3.63) is 96.1 Å². The number of carbonyl (C=O) groups is 3. The molecule has 0 aliphatic rings. The van der Waals surface area contributed by atoms with Crippen LogP contribution < -0.4 is 21.3 Å². The van der Waals surface area contributed by atoms with Gasteiger partial charge in [-0.1, -0.05) is 34.8 Å². The highest BCUT2D eigenvalue weighted by atomic mass is 32.1. The van der Waals surface area contributed by atoms with E-state index in [1.54, 1.807) is 64.7 Å². The summed E-state index contributed by atoms with van der Waals surface area (Å²) in [4.78, 5) is 53.8. The fourth-order valence-electron chi connectivity index (χ4n) is 5.88. The summed E-state index contributed by atoms with van der Waals surface area (Å²) in [6.45, 7) is 13.4. The van der Waals surface area contributed by atoms with Crippen LogP contribution in [0.5, 0.6) is 0 Å². The van der Waals surface area contributed by atoms with Gasteiger partial charge in [-0.05, 0) is 84.9 Å². The number of aromatic carboxylic acids is 1. The number of hydrogen-bond acceptors (Lipinski definition) is 16. The molecule has 19 nitrogen and oxygen atoms in total. The average Bonchev–Trinajstić information content (AvgIpc) is 4.09. The monoisotopic (exact) mass is 940 g/mol. The zero-order valence-electron chi connectivity index (χ0n) is 37.2. The number of nitrogens with two attached hydrogens (primary N) is 1. The third-order valence-electron chi connectivity index (χ3n) is 9.06. The smallest absolute Gasteiger partial charge is 0.416 e. The van der Waals surface area contributed by atoms with Crippen LogP contribution in [0, 0.1) is 11.6 Å². The van der Waals surface area contributed by atoms with E-state index in [-0.39, 0.29) is 17.1 Å². The average molecular weight is 941 g/mol. The molecule has 0 aliphatic heterocycles. The Morgan fingerprint density at radius 1 is 0.788 bits per heavy atom. The van der Waals surface area contributed by atoms with Crippen molar-refractivity contribution in [1.29, 1.82) is 0 Å². The SMILES string of the molecule is CC(C)n1cnnc1-c1cccc(N)n1.CN(C(=O)OC(C)(C)C)c1nc2cc(F)c(C(=O)O)cc2s1.CNc1nc2cc(F)c(C(=O)Nc3cccc(-c4nncn4C(C)C)n3)cc2s1. The van der Waals surface area contributed by atoms with E-state index in [2.05, 4.69) is 64.8 Å². The highest BCUT2D eigenvalue weighted by Crippen LogP contribution is 2.32. The van der Waals surface area contributed by atoms with Crippen LogP contribution in [0.15, 0.2) is 73.3 Å². The molecule has 2 amide bonds. The first-order chi connectivity index (χ1) is 31.2. The molecule has 0 unspecified atom stereocenters. The molecule has 0 saturated heterocycles. The Kier molecular flexibility index (Phi) is 14.6. The normalized spacial score (nSPS) is 11.2. The van der Waals surface area contributed by atoms with E-state index in [1.807, 2.05) is 35.1 Å². The van der Waals surface area contributed by atoms with Crippen LogP contribution >= 0.6 is 22.7 Å². The summed E-state index contributed by atoms with van der Waals surface area (Å²) >= 11 is 2.43. The van der Waals surface area contributed by atoms with E-state index < -0.39 is 40.8 Å².